The first-order chi connectivity index (χ1) is 9.15. The summed E-state index contributed by atoms with van der Waals surface area (Å²) in [6.45, 7) is 2.57. The summed E-state index contributed by atoms with van der Waals surface area (Å²) in [7, 11) is 0. The van der Waals surface area contributed by atoms with Gasteiger partial charge in [0, 0.05) is 32.2 Å². The van der Waals surface area contributed by atoms with Crippen LogP contribution in [0.25, 0.3) is 0 Å². The summed E-state index contributed by atoms with van der Waals surface area (Å²) in [5, 5.41) is 8.96. The maximum Gasteiger partial charge on any atom is 0.238 e. The van der Waals surface area contributed by atoms with E-state index in [2.05, 4.69) is 16.0 Å². The predicted molar refractivity (Wildman–Crippen MR) is 67.7 cm³/mol. The highest BCUT2D eigenvalue weighted by Crippen LogP contribution is 2.08. The molecule has 1 aromatic rings. The molecule has 4 nitrogen and oxygen atoms in total. The zero-order chi connectivity index (χ0) is 13.7. The lowest BCUT2D eigenvalue weighted by Crippen LogP contribution is -2.55. The van der Waals surface area contributed by atoms with E-state index >= 15 is 0 Å². The molecule has 19 heavy (non-hydrogen) atoms. The van der Waals surface area contributed by atoms with E-state index < -0.39 is 11.6 Å². The van der Waals surface area contributed by atoms with Crippen LogP contribution in [-0.4, -0.2) is 38.1 Å². The first kappa shape index (κ1) is 13.9. The Morgan fingerprint density at radius 3 is 2.63 bits per heavy atom. The van der Waals surface area contributed by atoms with Gasteiger partial charge >= 0.3 is 0 Å². The summed E-state index contributed by atoms with van der Waals surface area (Å²) >= 11 is 0. The minimum atomic E-state index is -0.598. The molecule has 0 radical (unpaired) electrons. The van der Waals surface area contributed by atoms with Gasteiger partial charge in [-0.15, -0.1) is 0 Å². The van der Waals surface area contributed by atoms with Gasteiger partial charge in [0.2, 0.25) is 5.91 Å². The topological polar surface area (TPSA) is 53.2 Å². The van der Waals surface area contributed by atoms with Gasteiger partial charge in [0.1, 0.15) is 11.6 Å². The van der Waals surface area contributed by atoms with E-state index in [1.54, 1.807) is 0 Å². The van der Waals surface area contributed by atoms with Crippen molar-refractivity contribution >= 4 is 5.91 Å². The maximum atomic E-state index is 13.0. The number of piperazine rings is 1. The largest absolute Gasteiger partial charge is 0.354 e. The van der Waals surface area contributed by atoms with E-state index in [1.165, 1.54) is 12.1 Å². The first-order valence-electron chi connectivity index (χ1n) is 6.32. The van der Waals surface area contributed by atoms with Gasteiger partial charge in [-0.3, -0.25) is 4.79 Å². The highest BCUT2D eigenvalue weighted by atomic mass is 19.1. The number of benzene rings is 1. The fourth-order valence-electron chi connectivity index (χ4n) is 2.05. The molecule has 0 spiro atoms. The van der Waals surface area contributed by atoms with Crippen molar-refractivity contribution in [1.82, 2.24) is 16.0 Å². The van der Waals surface area contributed by atoms with Gasteiger partial charge in [-0.25, -0.2) is 8.78 Å². The van der Waals surface area contributed by atoms with Gasteiger partial charge in [0.25, 0.3) is 0 Å². The maximum absolute atomic E-state index is 13.0. The fourth-order valence-corrected chi connectivity index (χ4v) is 2.05. The van der Waals surface area contributed by atoms with Crippen LogP contribution in [0.3, 0.4) is 0 Å². The van der Waals surface area contributed by atoms with Crippen molar-refractivity contribution in [3.8, 4) is 0 Å². The van der Waals surface area contributed by atoms with Gasteiger partial charge in [0.05, 0.1) is 6.04 Å². The molecule has 0 aliphatic carbocycles. The lowest BCUT2D eigenvalue weighted by atomic mass is 10.1. The third-order valence-corrected chi connectivity index (χ3v) is 2.99. The fraction of sp³-hybridized carbons (Fsp3) is 0.462. The summed E-state index contributed by atoms with van der Waals surface area (Å²) in [6.07, 6.45) is 0.403. The quantitative estimate of drug-likeness (QED) is 0.731. The molecule has 6 heteroatoms. The molecule has 1 fully saturated rings. The molecule has 3 N–H and O–H groups in total. The van der Waals surface area contributed by atoms with Crippen LogP contribution in [-0.2, 0) is 11.2 Å². The molecule has 104 valence electrons. The molecule has 1 aliphatic heterocycles. The van der Waals surface area contributed by atoms with Gasteiger partial charge in [0.15, 0.2) is 0 Å². The van der Waals surface area contributed by atoms with E-state index in [0.29, 0.717) is 25.1 Å². The van der Waals surface area contributed by atoms with Crippen molar-refractivity contribution in [2.45, 2.75) is 12.5 Å². The Morgan fingerprint density at radius 1 is 1.26 bits per heavy atom. The minimum absolute atomic E-state index is 0.0934. The van der Waals surface area contributed by atoms with Crippen molar-refractivity contribution in [3.05, 3.63) is 35.4 Å². The number of carbonyl (C=O) groups excluding carboxylic acids is 1. The third-order valence-electron chi connectivity index (χ3n) is 2.99. The zero-order valence-electron chi connectivity index (χ0n) is 10.5. The van der Waals surface area contributed by atoms with Gasteiger partial charge in [-0.2, -0.15) is 0 Å². The van der Waals surface area contributed by atoms with Crippen molar-refractivity contribution < 1.29 is 13.6 Å². The molecule has 2 rings (SSSR count). The normalized spacial score (nSPS) is 19.2. The Bertz CT molecular complexity index is 427. The van der Waals surface area contributed by atoms with E-state index in [1.807, 2.05) is 0 Å². The van der Waals surface area contributed by atoms with Crippen molar-refractivity contribution in [3.63, 3.8) is 0 Å². The molecular weight excluding hydrogens is 252 g/mol. The smallest absolute Gasteiger partial charge is 0.238 e. The third kappa shape index (κ3) is 4.25. The van der Waals surface area contributed by atoms with E-state index in [-0.39, 0.29) is 11.9 Å². The molecule has 1 unspecified atom stereocenters. The average molecular weight is 269 g/mol. The van der Waals surface area contributed by atoms with Crippen LogP contribution in [0.15, 0.2) is 18.2 Å². The van der Waals surface area contributed by atoms with Crippen molar-refractivity contribution in [2.24, 2.45) is 0 Å². The number of nitrogens with one attached hydrogen (secondary N) is 3. The van der Waals surface area contributed by atoms with Crippen molar-refractivity contribution in [2.75, 3.05) is 26.2 Å². The average Bonchev–Trinajstić information content (AvgIpc) is 2.38. The second-order valence-corrected chi connectivity index (χ2v) is 4.53. The van der Waals surface area contributed by atoms with Gasteiger partial charge in [-0.1, -0.05) is 0 Å². The standard InChI is InChI=1S/C13H17F2N3O/c14-10-5-9(6-11(15)7-10)1-2-18-13(19)12-8-16-3-4-17-12/h5-7,12,16-17H,1-4,8H2,(H,18,19). The molecular formula is C13H17F2N3O. The summed E-state index contributed by atoms with van der Waals surface area (Å²) in [5.41, 5.74) is 0.535. The summed E-state index contributed by atoms with van der Waals surface area (Å²) in [6, 6.07) is 3.14. The van der Waals surface area contributed by atoms with Crippen LogP contribution in [0.4, 0.5) is 8.78 Å². The Morgan fingerprint density at radius 2 is 2.00 bits per heavy atom. The Balaban J connectivity index is 1.77. The number of carbonyl (C=O) groups is 1. The minimum Gasteiger partial charge on any atom is -0.354 e. The second kappa shape index (κ2) is 6.58. The molecule has 0 saturated carbocycles. The molecule has 1 amide bonds. The number of hydrogen-bond acceptors (Lipinski definition) is 3. The summed E-state index contributed by atoms with van der Waals surface area (Å²) in [4.78, 5) is 11.8. The van der Waals surface area contributed by atoms with Crippen LogP contribution in [0.1, 0.15) is 5.56 Å². The van der Waals surface area contributed by atoms with Gasteiger partial charge in [-0.05, 0) is 24.1 Å². The lowest BCUT2D eigenvalue weighted by Gasteiger charge is -2.23. The number of halogens is 2. The molecule has 1 heterocycles. The molecule has 0 bridgehead atoms. The van der Waals surface area contributed by atoms with Crippen LogP contribution in [0.2, 0.25) is 0 Å². The van der Waals surface area contributed by atoms with E-state index in [9.17, 15) is 13.6 Å². The molecule has 1 aromatic carbocycles. The number of rotatable bonds is 4. The highest BCUT2D eigenvalue weighted by Gasteiger charge is 2.19. The van der Waals surface area contributed by atoms with Crippen LogP contribution < -0.4 is 16.0 Å². The zero-order valence-corrected chi connectivity index (χ0v) is 10.5. The summed E-state index contributed by atoms with van der Waals surface area (Å²) in [5.74, 6) is -1.29. The SMILES string of the molecule is O=C(NCCc1cc(F)cc(F)c1)C1CNCCN1. The van der Waals surface area contributed by atoms with Crippen LogP contribution in [0, 0.1) is 11.6 Å². The molecule has 0 aromatic heterocycles. The van der Waals surface area contributed by atoms with E-state index in [0.717, 1.165) is 19.2 Å². The Hall–Kier alpha value is -1.53. The number of amides is 1. The monoisotopic (exact) mass is 269 g/mol. The summed E-state index contributed by atoms with van der Waals surface area (Å²) < 4.78 is 25.9. The second-order valence-electron chi connectivity index (χ2n) is 4.53. The van der Waals surface area contributed by atoms with Crippen molar-refractivity contribution in [1.29, 1.82) is 0 Å². The molecule has 1 saturated heterocycles. The molecule has 1 aliphatic rings. The Labute approximate surface area is 110 Å². The van der Waals surface area contributed by atoms with Gasteiger partial charge < -0.3 is 16.0 Å². The lowest BCUT2D eigenvalue weighted by molar-refractivity contribution is -0.123. The first-order valence-corrected chi connectivity index (χ1v) is 6.32. The Kier molecular flexibility index (Phi) is 4.81. The van der Waals surface area contributed by atoms with Crippen LogP contribution in [0.5, 0.6) is 0 Å². The predicted octanol–water partition coefficient (Wildman–Crippen LogP) is 0.185. The highest BCUT2D eigenvalue weighted by molar-refractivity contribution is 5.82. The van der Waals surface area contributed by atoms with E-state index in [4.69, 9.17) is 0 Å². The molecule has 1 atom stereocenters. The van der Waals surface area contributed by atoms with Crippen LogP contribution >= 0.6 is 0 Å². The number of hydrogen-bond donors (Lipinski definition) is 3.